The number of hydrogen-bond acceptors (Lipinski definition) is 2. The third kappa shape index (κ3) is 4.68. The molecule has 1 rings (SSSR count). The van der Waals surface area contributed by atoms with E-state index in [1.54, 1.807) is 9.80 Å². The summed E-state index contributed by atoms with van der Waals surface area (Å²) in [6.45, 7) is 6.92. The van der Waals surface area contributed by atoms with Gasteiger partial charge in [-0.05, 0) is 25.5 Å². The van der Waals surface area contributed by atoms with Crippen molar-refractivity contribution < 1.29 is 9.59 Å². The van der Waals surface area contributed by atoms with E-state index in [1.165, 1.54) is 6.92 Å². The third-order valence-corrected chi connectivity index (χ3v) is 3.24. The highest BCUT2D eigenvalue weighted by Gasteiger charge is 2.18. The molecule has 0 radical (unpaired) electrons. The zero-order chi connectivity index (χ0) is 15.0. The van der Waals surface area contributed by atoms with Gasteiger partial charge in [0.25, 0.3) is 0 Å². The Morgan fingerprint density at radius 1 is 1.10 bits per heavy atom. The minimum absolute atomic E-state index is 0.0370. The van der Waals surface area contributed by atoms with Crippen LogP contribution in [0.1, 0.15) is 33.6 Å². The molecule has 20 heavy (non-hydrogen) atoms. The number of anilines is 1. The Kier molecular flexibility index (Phi) is 6.77. The molecule has 0 atom stereocenters. The van der Waals surface area contributed by atoms with E-state index in [-0.39, 0.29) is 18.4 Å². The van der Waals surface area contributed by atoms with Crippen LogP contribution < -0.4 is 4.90 Å². The lowest BCUT2D eigenvalue weighted by Gasteiger charge is -2.26. The second-order valence-corrected chi connectivity index (χ2v) is 4.77. The molecule has 1 aromatic carbocycles. The number of benzene rings is 1. The molecule has 0 saturated heterocycles. The van der Waals surface area contributed by atoms with Crippen LogP contribution >= 0.6 is 0 Å². The SMILES string of the molecule is CCCCN(CC(=O)N(CC)c1ccccc1)C(C)=O. The zero-order valence-corrected chi connectivity index (χ0v) is 12.6. The molecule has 4 nitrogen and oxygen atoms in total. The summed E-state index contributed by atoms with van der Waals surface area (Å²) in [6.07, 6.45) is 1.93. The van der Waals surface area contributed by atoms with E-state index in [0.29, 0.717) is 13.1 Å². The van der Waals surface area contributed by atoms with Gasteiger partial charge in [-0.15, -0.1) is 0 Å². The fourth-order valence-corrected chi connectivity index (χ4v) is 2.06. The van der Waals surface area contributed by atoms with Crippen LogP contribution in [0.5, 0.6) is 0 Å². The van der Waals surface area contributed by atoms with E-state index in [0.717, 1.165) is 18.5 Å². The minimum atomic E-state index is -0.0454. The topological polar surface area (TPSA) is 40.6 Å². The summed E-state index contributed by atoms with van der Waals surface area (Å²) in [5.74, 6) is -0.0825. The van der Waals surface area contributed by atoms with E-state index in [9.17, 15) is 9.59 Å². The summed E-state index contributed by atoms with van der Waals surface area (Å²) in [5.41, 5.74) is 0.874. The Labute approximate surface area is 121 Å². The summed E-state index contributed by atoms with van der Waals surface area (Å²) < 4.78 is 0. The molecular weight excluding hydrogens is 252 g/mol. The van der Waals surface area contributed by atoms with E-state index in [2.05, 4.69) is 6.92 Å². The van der Waals surface area contributed by atoms with Crippen LogP contribution in [0.25, 0.3) is 0 Å². The molecular formula is C16H24N2O2. The summed E-state index contributed by atoms with van der Waals surface area (Å²) >= 11 is 0. The van der Waals surface area contributed by atoms with Gasteiger partial charge in [-0.3, -0.25) is 9.59 Å². The van der Waals surface area contributed by atoms with Crippen molar-refractivity contribution in [2.24, 2.45) is 0 Å². The molecule has 4 heteroatoms. The first-order chi connectivity index (χ1) is 9.60. The molecule has 0 fully saturated rings. The summed E-state index contributed by atoms with van der Waals surface area (Å²) in [4.78, 5) is 27.3. The van der Waals surface area contributed by atoms with Crippen LogP contribution in [0.15, 0.2) is 30.3 Å². The molecule has 0 aromatic heterocycles. The maximum Gasteiger partial charge on any atom is 0.246 e. The van der Waals surface area contributed by atoms with Crippen LogP contribution in [0, 0.1) is 0 Å². The number of nitrogens with zero attached hydrogens (tertiary/aromatic N) is 2. The third-order valence-electron chi connectivity index (χ3n) is 3.24. The average molecular weight is 276 g/mol. The molecule has 0 aliphatic carbocycles. The molecule has 0 aliphatic heterocycles. The van der Waals surface area contributed by atoms with E-state index < -0.39 is 0 Å². The standard InChI is InChI=1S/C16H24N2O2/c1-4-6-12-17(14(3)19)13-16(20)18(5-2)15-10-8-7-9-11-15/h7-11H,4-6,12-13H2,1-3H3. The highest BCUT2D eigenvalue weighted by atomic mass is 16.2. The molecule has 0 saturated carbocycles. The molecule has 1 aromatic rings. The molecule has 0 unspecified atom stereocenters. The first-order valence-electron chi connectivity index (χ1n) is 7.21. The van der Waals surface area contributed by atoms with Gasteiger partial charge >= 0.3 is 0 Å². The van der Waals surface area contributed by atoms with Gasteiger partial charge in [-0.1, -0.05) is 31.5 Å². The first-order valence-corrected chi connectivity index (χ1v) is 7.21. The number of amides is 2. The first kappa shape index (κ1) is 16.2. The van der Waals surface area contributed by atoms with Gasteiger partial charge < -0.3 is 9.80 Å². The zero-order valence-electron chi connectivity index (χ0n) is 12.6. The van der Waals surface area contributed by atoms with Crippen molar-refractivity contribution in [3.05, 3.63) is 30.3 Å². The Bertz CT molecular complexity index is 431. The van der Waals surface area contributed by atoms with Crippen molar-refractivity contribution in [1.29, 1.82) is 0 Å². The average Bonchev–Trinajstić information content (AvgIpc) is 2.45. The summed E-state index contributed by atoms with van der Waals surface area (Å²) in [6, 6.07) is 9.55. The van der Waals surface area contributed by atoms with E-state index in [4.69, 9.17) is 0 Å². The van der Waals surface area contributed by atoms with Crippen molar-refractivity contribution in [2.75, 3.05) is 24.5 Å². The largest absolute Gasteiger partial charge is 0.334 e. The van der Waals surface area contributed by atoms with Gasteiger partial charge in [-0.2, -0.15) is 0 Å². The van der Waals surface area contributed by atoms with E-state index in [1.807, 2.05) is 37.3 Å². The molecule has 110 valence electrons. The number of rotatable bonds is 7. The number of hydrogen-bond donors (Lipinski definition) is 0. The smallest absolute Gasteiger partial charge is 0.246 e. The number of carbonyl (C=O) groups excluding carboxylic acids is 2. The highest BCUT2D eigenvalue weighted by molar-refractivity contribution is 5.96. The van der Waals surface area contributed by atoms with Gasteiger partial charge in [0, 0.05) is 25.7 Å². The van der Waals surface area contributed by atoms with Crippen molar-refractivity contribution in [3.63, 3.8) is 0 Å². The van der Waals surface area contributed by atoms with Crippen LogP contribution in [0.3, 0.4) is 0 Å². The van der Waals surface area contributed by atoms with Gasteiger partial charge in [-0.25, -0.2) is 0 Å². The number of carbonyl (C=O) groups is 2. The van der Waals surface area contributed by atoms with Crippen LogP contribution in [0.4, 0.5) is 5.69 Å². The number of unbranched alkanes of at least 4 members (excludes halogenated alkanes) is 1. The maximum absolute atomic E-state index is 12.4. The fraction of sp³-hybridized carbons (Fsp3) is 0.500. The van der Waals surface area contributed by atoms with Gasteiger partial charge in [0.2, 0.25) is 11.8 Å². The second kappa shape index (κ2) is 8.35. The molecule has 0 spiro atoms. The lowest BCUT2D eigenvalue weighted by Crippen LogP contribution is -2.42. The predicted octanol–water partition coefficient (Wildman–Crippen LogP) is 2.69. The lowest BCUT2D eigenvalue weighted by molar-refractivity contribution is -0.133. The molecule has 0 N–H and O–H groups in total. The Balaban J connectivity index is 2.73. The predicted molar refractivity (Wildman–Crippen MR) is 81.6 cm³/mol. The van der Waals surface area contributed by atoms with Gasteiger partial charge in [0.05, 0.1) is 0 Å². The summed E-state index contributed by atoms with van der Waals surface area (Å²) in [7, 11) is 0. The highest BCUT2D eigenvalue weighted by Crippen LogP contribution is 2.13. The van der Waals surface area contributed by atoms with Crippen LogP contribution in [-0.2, 0) is 9.59 Å². The van der Waals surface area contributed by atoms with Crippen molar-refractivity contribution in [3.8, 4) is 0 Å². The van der Waals surface area contributed by atoms with Gasteiger partial charge in [0.15, 0.2) is 0 Å². The van der Waals surface area contributed by atoms with Crippen molar-refractivity contribution in [2.45, 2.75) is 33.6 Å². The fourth-order valence-electron chi connectivity index (χ4n) is 2.06. The normalized spacial score (nSPS) is 10.2. The molecule has 0 bridgehead atoms. The number of para-hydroxylation sites is 1. The lowest BCUT2D eigenvalue weighted by atomic mass is 10.2. The molecule has 2 amide bonds. The van der Waals surface area contributed by atoms with Gasteiger partial charge in [0.1, 0.15) is 6.54 Å². The molecule has 0 aliphatic rings. The maximum atomic E-state index is 12.4. The number of likely N-dealkylation sites (N-methyl/N-ethyl adjacent to an activating group) is 1. The molecule has 0 heterocycles. The minimum Gasteiger partial charge on any atom is -0.334 e. The van der Waals surface area contributed by atoms with E-state index >= 15 is 0 Å². The monoisotopic (exact) mass is 276 g/mol. The summed E-state index contributed by atoms with van der Waals surface area (Å²) in [5, 5.41) is 0. The van der Waals surface area contributed by atoms with Crippen LogP contribution in [0.2, 0.25) is 0 Å². The van der Waals surface area contributed by atoms with Crippen molar-refractivity contribution >= 4 is 17.5 Å². The van der Waals surface area contributed by atoms with Crippen molar-refractivity contribution in [1.82, 2.24) is 4.90 Å². The van der Waals surface area contributed by atoms with Crippen LogP contribution in [-0.4, -0.2) is 36.3 Å². The Morgan fingerprint density at radius 2 is 1.75 bits per heavy atom. The Hall–Kier alpha value is -1.84. The second-order valence-electron chi connectivity index (χ2n) is 4.77. The quantitative estimate of drug-likeness (QED) is 0.768. The Morgan fingerprint density at radius 3 is 2.25 bits per heavy atom.